The Morgan fingerprint density at radius 3 is 2.86 bits per heavy atom. The van der Waals surface area contributed by atoms with Crippen LogP contribution in [0.3, 0.4) is 0 Å². The van der Waals surface area contributed by atoms with Crippen LogP contribution in [-0.4, -0.2) is 25.1 Å². The molecule has 3 heterocycles. The summed E-state index contributed by atoms with van der Waals surface area (Å²) in [5.74, 6) is -0.295. The summed E-state index contributed by atoms with van der Waals surface area (Å²) in [6, 6.07) is 3.95. The minimum Gasteiger partial charge on any atom is -0.345 e. The molecule has 3 rings (SSSR count). The number of carbonyl (C=O) groups is 1. The van der Waals surface area contributed by atoms with E-state index in [0.29, 0.717) is 11.6 Å². The van der Waals surface area contributed by atoms with Gasteiger partial charge in [-0.05, 0) is 25.5 Å². The van der Waals surface area contributed by atoms with Gasteiger partial charge in [0.05, 0.1) is 29.2 Å². The van der Waals surface area contributed by atoms with Gasteiger partial charge in [-0.15, -0.1) is 0 Å². The van der Waals surface area contributed by atoms with E-state index in [2.05, 4.69) is 15.4 Å². The van der Waals surface area contributed by atoms with Gasteiger partial charge < -0.3 is 9.72 Å². The van der Waals surface area contributed by atoms with Crippen LogP contribution in [0.4, 0.5) is 0 Å². The van der Waals surface area contributed by atoms with Crippen LogP contribution in [0.5, 0.6) is 0 Å². The maximum Gasteiger partial charge on any atom is 0.273 e. The van der Waals surface area contributed by atoms with Gasteiger partial charge in [0.25, 0.3) is 5.91 Å². The first-order valence-electron chi connectivity index (χ1n) is 6.88. The SMILES string of the molecule is Cc1cccn2c(CNC(=O)c3nn(C)c(C)c3Cl)cnc12. The molecule has 0 bridgehead atoms. The fourth-order valence-electron chi connectivity index (χ4n) is 2.31. The Kier molecular flexibility index (Phi) is 3.62. The van der Waals surface area contributed by atoms with E-state index in [9.17, 15) is 4.79 Å². The number of imidazole rings is 1. The quantitative estimate of drug-likeness (QED) is 0.806. The fourth-order valence-corrected chi connectivity index (χ4v) is 2.56. The predicted molar refractivity (Wildman–Crippen MR) is 84.1 cm³/mol. The number of hydrogen-bond acceptors (Lipinski definition) is 3. The highest BCUT2D eigenvalue weighted by Crippen LogP contribution is 2.19. The number of fused-ring (bicyclic) bond motifs is 1. The zero-order chi connectivity index (χ0) is 15.9. The topological polar surface area (TPSA) is 64.2 Å². The van der Waals surface area contributed by atoms with Crippen LogP contribution in [0, 0.1) is 13.8 Å². The molecule has 6 nitrogen and oxygen atoms in total. The maximum atomic E-state index is 12.2. The molecule has 0 aliphatic carbocycles. The Morgan fingerprint density at radius 2 is 2.18 bits per heavy atom. The monoisotopic (exact) mass is 317 g/mol. The number of nitrogens with one attached hydrogen (secondary N) is 1. The lowest BCUT2D eigenvalue weighted by Crippen LogP contribution is -2.24. The van der Waals surface area contributed by atoms with E-state index in [4.69, 9.17) is 11.6 Å². The minimum absolute atomic E-state index is 0.242. The molecule has 1 N–H and O–H groups in total. The molecule has 7 heteroatoms. The molecule has 0 spiro atoms. The van der Waals surface area contributed by atoms with E-state index < -0.39 is 0 Å². The fraction of sp³-hybridized carbons (Fsp3) is 0.267. The number of rotatable bonds is 3. The average Bonchev–Trinajstić information content (AvgIpc) is 3.03. The first kappa shape index (κ1) is 14.6. The van der Waals surface area contributed by atoms with Gasteiger partial charge in [-0.3, -0.25) is 9.48 Å². The molecule has 0 aliphatic rings. The average molecular weight is 318 g/mol. The molecule has 3 aromatic rings. The molecular formula is C15H16ClN5O. The molecule has 0 atom stereocenters. The molecule has 0 saturated heterocycles. The van der Waals surface area contributed by atoms with Crippen molar-refractivity contribution in [3.63, 3.8) is 0 Å². The third-order valence-electron chi connectivity index (χ3n) is 3.71. The van der Waals surface area contributed by atoms with Crippen molar-refractivity contribution in [3.8, 4) is 0 Å². The largest absolute Gasteiger partial charge is 0.345 e. The Bertz CT molecular complexity index is 864. The number of aryl methyl sites for hydroxylation is 2. The summed E-state index contributed by atoms with van der Waals surface area (Å²) in [6.07, 6.45) is 3.68. The number of halogens is 1. The van der Waals surface area contributed by atoms with E-state index in [-0.39, 0.29) is 11.6 Å². The third-order valence-corrected chi connectivity index (χ3v) is 4.17. The number of hydrogen-bond donors (Lipinski definition) is 1. The van der Waals surface area contributed by atoms with Crippen molar-refractivity contribution in [3.05, 3.63) is 52.2 Å². The minimum atomic E-state index is -0.295. The Morgan fingerprint density at radius 1 is 1.41 bits per heavy atom. The van der Waals surface area contributed by atoms with E-state index in [0.717, 1.165) is 22.6 Å². The number of carbonyl (C=O) groups excluding carboxylic acids is 1. The number of aromatic nitrogens is 4. The first-order chi connectivity index (χ1) is 10.5. The van der Waals surface area contributed by atoms with Crippen molar-refractivity contribution < 1.29 is 4.79 Å². The standard InChI is InChI=1S/C15H16ClN5O/c1-9-5-4-6-21-11(7-17-14(9)21)8-18-15(22)13-12(16)10(2)20(3)19-13/h4-7H,8H2,1-3H3,(H,18,22). The van der Waals surface area contributed by atoms with E-state index in [1.165, 1.54) is 0 Å². The molecule has 0 radical (unpaired) electrons. The molecule has 1 amide bonds. The third kappa shape index (κ3) is 2.35. The van der Waals surface area contributed by atoms with Crippen LogP contribution in [0.25, 0.3) is 5.65 Å². The molecule has 0 fully saturated rings. The zero-order valence-corrected chi connectivity index (χ0v) is 13.3. The van der Waals surface area contributed by atoms with Crippen LogP contribution in [-0.2, 0) is 13.6 Å². The second kappa shape index (κ2) is 5.46. The van der Waals surface area contributed by atoms with Crippen molar-refractivity contribution in [2.75, 3.05) is 0 Å². The van der Waals surface area contributed by atoms with Crippen molar-refractivity contribution >= 4 is 23.2 Å². The molecule has 3 aromatic heterocycles. The van der Waals surface area contributed by atoms with E-state index in [1.54, 1.807) is 17.9 Å². The van der Waals surface area contributed by atoms with Crippen molar-refractivity contribution in [1.29, 1.82) is 0 Å². The molecule has 0 unspecified atom stereocenters. The highest BCUT2D eigenvalue weighted by molar-refractivity contribution is 6.34. The lowest BCUT2D eigenvalue weighted by Gasteiger charge is -2.04. The van der Waals surface area contributed by atoms with Crippen LogP contribution in [0.2, 0.25) is 5.02 Å². The van der Waals surface area contributed by atoms with Gasteiger partial charge in [-0.2, -0.15) is 5.10 Å². The summed E-state index contributed by atoms with van der Waals surface area (Å²) in [7, 11) is 1.76. The molecule has 22 heavy (non-hydrogen) atoms. The van der Waals surface area contributed by atoms with Gasteiger partial charge in [0.1, 0.15) is 5.65 Å². The van der Waals surface area contributed by atoms with Crippen LogP contribution in [0.1, 0.15) is 27.4 Å². The van der Waals surface area contributed by atoms with Crippen LogP contribution in [0.15, 0.2) is 24.5 Å². The first-order valence-corrected chi connectivity index (χ1v) is 7.25. The number of nitrogens with zero attached hydrogens (tertiary/aromatic N) is 4. The highest BCUT2D eigenvalue weighted by Gasteiger charge is 2.18. The van der Waals surface area contributed by atoms with E-state index >= 15 is 0 Å². The zero-order valence-electron chi connectivity index (χ0n) is 12.6. The van der Waals surface area contributed by atoms with Gasteiger partial charge in [-0.1, -0.05) is 17.7 Å². The van der Waals surface area contributed by atoms with Gasteiger partial charge in [0.2, 0.25) is 0 Å². The second-order valence-electron chi connectivity index (χ2n) is 5.19. The Labute approximate surface area is 132 Å². The van der Waals surface area contributed by atoms with Gasteiger partial charge in [0.15, 0.2) is 5.69 Å². The van der Waals surface area contributed by atoms with Crippen molar-refractivity contribution in [2.45, 2.75) is 20.4 Å². The molecule has 0 saturated carbocycles. The van der Waals surface area contributed by atoms with Gasteiger partial charge in [-0.25, -0.2) is 4.98 Å². The van der Waals surface area contributed by atoms with Gasteiger partial charge in [0, 0.05) is 13.2 Å². The van der Waals surface area contributed by atoms with Crippen molar-refractivity contribution in [1.82, 2.24) is 24.5 Å². The summed E-state index contributed by atoms with van der Waals surface area (Å²) < 4.78 is 3.55. The molecule has 0 aromatic carbocycles. The predicted octanol–water partition coefficient (Wildman–Crippen LogP) is 2.27. The lowest BCUT2D eigenvalue weighted by atomic mass is 10.3. The second-order valence-corrected chi connectivity index (χ2v) is 5.57. The lowest BCUT2D eigenvalue weighted by molar-refractivity contribution is 0.0945. The summed E-state index contributed by atoms with van der Waals surface area (Å²) in [5.41, 5.74) is 3.88. The Balaban J connectivity index is 1.80. The van der Waals surface area contributed by atoms with Gasteiger partial charge >= 0.3 is 0 Å². The summed E-state index contributed by atoms with van der Waals surface area (Å²) in [5, 5.41) is 7.35. The molecular weight excluding hydrogens is 302 g/mol. The van der Waals surface area contributed by atoms with Crippen LogP contribution < -0.4 is 5.32 Å². The van der Waals surface area contributed by atoms with E-state index in [1.807, 2.05) is 36.6 Å². The summed E-state index contributed by atoms with van der Waals surface area (Å²) in [6.45, 7) is 4.18. The summed E-state index contributed by atoms with van der Waals surface area (Å²) >= 11 is 6.12. The number of amides is 1. The normalized spacial score (nSPS) is 11.1. The smallest absolute Gasteiger partial charge is 0.273 e. The molecule has 114 valence electrons. The van der Waals surface area contributed by atoms with Crippen molar-refractivity contribution in [2.24, 2.45) is 7.05 Å². The molecule has 0 aliphatic heterocycles. The highest BCUT2D eigenvalue weighted by atomic mass is 35.5. The maximum absolute atomic E-state index is 12.2. The number of pyridine rings is 1. The summed E-state index contributed by atoms with van der Waals surface area (Å²) in [4.78, 5) is 16.6. The van der Waals surface area contributed by atoms with Crippen LogP contribution >= 0.6 is 11.6 Å². The Hall–Kier alpha value is -2.34.